The summed E-state index contributed by atoms with van der Waals surface area (Å²) in [6, 6.07) is 10.9. The van der Waals surface area contributed by atoms with Crippen molar-refractivity contribution < 1.29 is 9.18 Å². The number of rotatable bonds is 4. The Balaban J connectivity index is 1.46. The van der Waals surface area contributed by atoms with Gasteiger partial charge in [-0.25, -0.2) is 4.39 Å². The molecule has 146 valence electrons. The van der Waals surface area contributed by atoms with Crippen molar-refractivity contribution >= 4 is 5.78 Å². The van der Waals surface area contributed by atoms with Crippen molar-refractivity contribution in [3.8, 4) is 0 Å². The number of halogens is 1. The summed E-state index contributed by atoms with van der Waals surface area (Å²) in [5.74, 6) is 0.963. The van der Waals surface area contributed by atoms with Gasteiger partial charge < -0.3 is 5.32 Å². The van der Waals surface area contributed by atoms with Crippen molar-refractivity contribution in [3.63, 3.8) is 0 Å². The van der Waals surface area contributed by atoms with Crippen LogP contribution in [-0.4, -0.2) is 25.0 Å². The van der Waals surface area contributed by atoms with Crippen molar-refractivity contribution in [3.05, 3.63) is 35.9 Å². The number of Topliss-reactive ketones (excluding diaryl/α,β-unsaturated/α-hetero) is 1. The highest BCUT2D eigenvalue weighted by molar-refractivity contribution is 5.86. The maximum absolute atomic E-state index is 14.4. The second kappa shape index (κ2) is 6.14. The summed E-state index contributed by atoms with van der Waals surface area (Å²) < 4.78 is 14.4. The minimum atomic E-state index is -0.865. The van der Waals surface area contributed by atoms with Crippen LogP contribution in [0.15, 0.2) is 30.3 Å². The number of carbonyl (C=O) groups excluding carboxylic acids is 1. The average molecular weight is 370 g/mol. The van der Waals surface area contributed by atoms with Crippen LogP contribution < -0.4 is 5.32 Å². The summed E-state index contributed by atoms with van der Waals surface area (Å²) in [6.45, 7) is 3.68. The number of piperidine rings is 1. The maximum Gasteiger partial charge on any atom is 0.139 e. The van der Waals surface area contributed by atoms with Gasteiger partial charge in [-0.1, -0.05) is 37.3 Å². The third-order valence-electron chi connectivity index (χ3n) is 8.32. The lowest BCUT2D eigenvalue weighted by Gasteiger charge is -2.66. The van der Waals surface area contributed by atoms with Gasteiger partial charge in [-0.3, -0.25) is 4.79 Å². The molecule has 0 radical (unpaired) electrons. The van der Waals surface area contributed by atoms with Crippen LogP contribution >= 0.6 is 0 Å². The number of benzene rings is 1. The van der Waals surface area contributed by atoms with E-state index in [1.807, 2.05) is 0 Å². The number of alkyl halides is 1. The number of hydrogen-bond acceptors (Lipinski definition) is 2. The lowest BCUT2D eigenvalue weighted by atomic mass is 9.38. The molecule has 0 aromatic heterocycles. The Morgan fingerprint density at radius 3 is 2.70 bits per heavy atom. The number of hydrogen-bond donors (Lipinski definition) is 1. The van der Waals surface area contributed by atoms with Gasteiger partial charge >= 0.3 is 0 Å². The van der Waals surface area contributed by atoms with E-state index in [1.54, 1.807) is 0 Å². The van der Waals surface area contributed by atoms with Gasteiger partial charge in [-0.2, -0.15) is 0 Å². The van der Waals surface area contributed by atoms with Crippen LogP contribution in [0.25, 0.3) is 0 Å². The fourth-order valence-corrected chi connectivity index (χ4v) is 7.90. The zero-order valence-corrected chi connectivity index (χ0v) is 16.5. The summed E-state index contributed by atoms with van der Waals surface area (Å²) in [6.07, 6.45) is 7.20. The molecular formula is C24H32FNO. The molecule has 4 bridgehead atoms. The van der Waals surface area contributed by atoms with E-state index < -0.39 is 6.17 Å². The molecule has 2 nitrogen and oxygen atoms in total. The molecule has 1 heterocycles. The first-order chi connectivity index (χ1) is 12.9. The van der Waals surface area contributed by atoms with Gasteiger partial charge in [0.1, 0.15) is 12.0 Å². The van der Waals surface area contributed by atoms with E-state index in [0.29, 0.717) is 24.7 Å². The second-order valence-electron chi connectivity index (χ2n) is 10.6. The third kappa shape index (κ3) is 2.88. The Labute approximate surface area is 162 Å². The number of ketones is 1. The number of carbonyl (C=O) groups is 1. The topological polar surface area (TPSA) is 29.1 Å². The highest BCUT2D eigenvalue weighted by atomic mass is 19.1. The van der Waals surface area contributed by atoms with Crippen molar-refractivity contribution in [2.45, 2.75) is 69.9 Å². The molecule has 1 aliphatic heterocycles. The average Bonchev–Trinajstić information content (AvgIpc) is 2.62. The molecule has 4 saturated carbocycles. The van der Waals surface area contributed by atoms with Crippen LogP contribution in [0.3, 0.4) is 0 Å². The van der Waals surface area contributed by atoms with Crippen molar-refractivity contribution in [2.24, 2.45) is 22.7 Å². The molecule has 6 rings (SSSR count). The summed E-state index contributed by atoms with van der Waals surface area (Å²) in [5.41, 5.74) is 1.67. The molecule has 1 saturated heterocycles. The monoisotopic (exact) mass is 369 g/mol. The molecule has 5 aliphatic rings. The van der Waals surface area contributed by atoms with Crippen LogP contribution in [0.4, 0.5) is 4.39 Å². The first kappa shape index (κ1) is 17.8. The summed E-state index contributed by atoms with van der Waals surface area (Å²) in [5, 5.41) is 3.12. The van der Waals surface area contributed by atoms with E-state index in [9.17, 15) is 9.18 Å². The van der Waals surface area contributed by atoms with Gasteiger partial charge in [0.05, 0.1) is 0 Å². The highest BCUT2D eigenvalue weighted by Gasteiger charge is 2.64. The minimum Gasteiger partial charge on any atom is -0.314 e. The fraction of sp³-hybridized carbons (Fsp3) is 0.708. The quantitative estimate of drug-likeness (QED) is 0.824. The lowest BCUT2D eigenvalue weighted by molar-refractivity contribution is -0.159. The molecular weight excluding hydrogens is 337 g/mol. The molecule has 0 amide bonds. The molecule has 6 atom stereocenters. The van der Waals surface area contributed by atoms with E-state index in [2.05, 4.69) is 42.6 Å². The molecule has 4 aliphatic carbocycles. The fourth-order valence-electron chi connectivity index (χ4n) is 7.90. The van der Waals surface area contributed by atoms with Gasteiger partial charge in [0, 0.05) is 18.4 Å². The smallest absolute Gasteiger partial charge is 0.139 e. The van der Waals surface area contributed by atoms with Crippen molar-refractivity contribution in [1.82, 2.24) is 5.32 Å². The van der Waals surface area contributed by atoms with Crippen molar-refractivity contribution in [1.29, 1.82) is 0 Å². The predicted molar refractivity (Wildman–Crippen MR) is 105 cm³/mol. The van der Waals surface area contributed by atoms with Crippen LogP contribution in [0.5, 0.6) is 0 Å². The maximum atomic E-state index is 14.4. The lowest BCUT2D eigenvalue weighted by Crippen LogP contribution is -2.60. The standard InChI is InChI=1S/C24H32FNO/c1-22-10-17-11-23(14-22,19-5-3-2-4-6-19)16-24(12-17,15-22)21(27)9-18-7-8-26-13-20(18)25/h2-6,17-18,20,26H,7-16H2,1H3/t17?,18-,20+,22-,23-,24?/m0/s1. The molecule has 27 heavy (non-hydrogen) atoms. The number of nitrogens with one attached hydrogen (secondary N) is 1. The Morgan fingerprint density at radius 2 is 1.96 bits per heavy atom. The highest BCUT2D eigenvalue weighted by Crippen LogP contribution is 2.70. The van der Waals surface area contributed by atoms with Gasteiger partial charge in [0.2, 0.25) is 0 Å². The molecule has 1 aromatic rings. The molecule has 1 aromatic carbocycles. The Bertz CT molecular complexity index is 735. The minimum absolute atomic E-state index is 0.0766. The van der Waals surface area contributed by atoms with Crippen LogP contribution in [-0.2, 0) is 10.2 Å². The summed E-state index contributed by atoms with van der Waals surface area (Å²) in [7, 11) is 0. The molecule has 1 N–H and O–H groups in total. The van der Waals surface area contributed by atoms with Crippen LogP contribution in [0.1, 0.15) is 63.9 Å². The van der Waals surface area contributed by atoms with Gasteiger partial charge in [-0.15, -0.1) is 0 Å². The molecule has 5 fully saturated rings. The normalized spacial score (nSPS) is 45.8. The predicted octanol–water partition coefficient (Wildman–Crippen LogP) is 4.82. The Morgan fingerprint density at radius 1 is 1.15 bits per heavy atom. The van der Waals surface area contributed by atoms with Gasteiger partial charge in [-0.05, 0) is 79.7 Å². The SMILES string of the molecule is C[C@@]12CC3CC(C(=O)C[C@@H]4CCNC[C@H]4F)(C1)C[C@](c1ccccc1)(C3)C2. The van der Waals surface area contributed by atoms with E-state index in [-0.39, 0.29) is 22.2 Å². The van der Waals surface area contributed by atoms with E-state index in [1.165, 1.54) is 24.8 Å². The van der Waals surface area contributed by atoms with E-state index >= 15 is 0 Å². The van der Waals surface area contributed by atoms with Gasteiger partial charge in [0.25, 0.3) is 0 Å². The zero-order chi connectivity index (χ0) is 18.7. The summed E-state index contributed by atoms with van der Waals surface area (Å²) in [4.78, 5) is 13.6. The van der Waals surface area contributed by atoms with Gasteiger partial charge in [0.15, 0.2) is 0 Å². The molecule has 3 heteroatoms. The third-order valence-corrected chi connectivity index (χ3v) is 8.32. The second-order valence-corrected chi connectivity index (χ2v) is 10.6. The van der Waals surface area contributed by atoms with E-state index in [0.717, 1.165) is 32.2 Å². The zero-order valence-electron chi connectivity index (χ0n) is 16.5. The molecule has 0 spiro atoms. The summed E-state index contributed by atoms with van der Waals surface area (Å²) >= 11 is 0. The van der Waals surface area contributed by atoms with Crippen molar-refractivity contribution in [2.75, 3.05) is 13.1 Å². The van der Waals surface area contributed by atoms with Crippen LogP contribution in [0.2, 0.25) is 0 Å². The first-order valence-electron chi connectivity index (χ1n) is 10.9. The molecule has 2 unspecified atom stereocenters. The van der Waals surface area contributed by atoms with E-state index in [4.69, 9.17) is 0 Å². The largest absolute Gasteiger partial charge is 0.314 e. The Hall–Kier alpha value is -1.22. The van der Waals surface area contributed by atoms with Crippen LogP contribution in [0, 0.1) is 22.7 Å². The Kier molecular flexibility index (Phi) is 4.06. The first-order valence-corrected chi connectivity index (χ1v) is 10.9.